The van der Waals surface area contributed by atoms with E-state index in [1.807, 2.05) is 0 Å². The first-order valence-electron chi connectivity index (χ1n) is 10.00. The Kier molecular flexibility index (Phi) is 9.33. The fraction of sp³-hybridized carbons (Fsp3) is 0.727. The van der Waals surface area contributed by atoms with Crippen LogP contribution in [-0.4, -0.2) is 48.3 Å². The van der Waals surface area contributed by atoms with Crippen LogP contribution in [0.3, 0.4) is 0 Å². The Balaban J connectivity index is 0.00000196. The summed E-state index contributed by atoms with van der Waals surface area (Å²) in [6, 6.07) is 8.58. The van der Waals surface area contributed by atoms with E-state index in [0.29, 0.717) is 0 Å². The fourth-order valence-corrected chi connectivity index (χ4v) is 6.26. The van der Waals surface area contributed by atoms with Crippen molar-refractivity contribution in [2.24, 2.45) is 10.8 Å². The highest BCUT2D eigenvalue weighted by Crippen LogP contribution is 2.54. The minimum absolute atomic E-state index is 0. The van der Waals surface area contributed by atoms with E-state index < -0.39 is 5.60 Å². The van der Waals surface area contributed by atoms with Crippen molar-refractivity contribution in [3.05, 3.63) is 34.3 Å². The van der Waals surface area contributed by atoms with Crippen LogP contribution in [0.5, 0.6) is 0 Å². The normalized spacial score (nSPS) is 24.5. The number of rotatable bonds is 4. The zero-order valence-corrected chi connectivity index (χ0v) is 20.9. The summed E-state index contributed by atoms with van der Waals surface area (Å²) in [7, 11) is 0. The SMILES string of the molecule is CC1(C)CC(C)(C)CC(O)(C(CN2CCNCC2)c2cccc(Br)c2)C1.Cl.Cl. The number of halogens is 3. The van der Waals surface area contributed by atoms with Crippen LogP contribution >= 0.6 is 40.7 Å². The molecule has 1 aliphatic carbocycles. The molecule has 1 unspecified atom stereocenters. The van der Waals surface area contributed by atoms with E-state index in [1.165, 1.54) is 12.0 Å². The van der Waals surface area contributed by atoms with Crippen LogP contribution < -0.4 is 5.32 Å². The lowest BCUT2D eigenvalue weighted by molar-refractivity contribution is -0.107. The Bertz CT molecular complexity index is 617. The van der Waals surface area contributed by atoms with Crippen LogP contribution in [0, 0.1) is 10.8 Å². The van der Waals surface area contributed by atoms with Crippen molar-refractivity contribution in [2.75, 3.05) is 32.7 Å². The van der Waals surface area contributed by atoms with Gasteiger partial charge in [0.05, 0.1) is 5.60 Å². The maximum atomic E-state index is 12.0. The third-order valence-electron chi connectivity index (χ3n) is 6.08. The van der Waals surface area contributed by atoms with E-state index in [-0.39, 0.29) is 41.6 Å². The Morgan fingerprint density at radius 2 is 1.61 bits per heavy atom. The molecule has 1 heterocycles. The number of hydrogen-bond donors (Lipinski definition) is 2. The fourth-order valence-electron chi connectivity index (χ4n) is 5.85. The van der Waals surface area contributed by atoms with Gasteiger partial charge in [-0.15, -0.1) is 24.8 Å². The van der Waals surface area contributed by atoms with E-state index in [0.717, 1.165) is 50.0 Å². The minimum atomic E-state index is -0.670. The molecule has 3 nitrogen and oxygen atoms in total. The molecule has 2 fully saturated rings. The third-order valence-corrected chi connectivity index (χ3v) is 6.57. The molecular weight excluding hydrogens is 459 g/mol. The van der Waals surface area contributed by atoms with Crippen LogP contribution in [0.15, 0.2) is 28.7 Å². The molecule has 1 aromatic rings. The molecule has 6 heteroatoms. The Labute approximate surface area is 192 Å². The van der Waals surface area contributed by atoms with Crippen molar-refractivity contribution in [1.82, 2.24) is 10.2 Å². The monoisotopic (exact) mass is 494 g/mol. The predicted octanol–water partition coefficient (Wildman–Crippen LogP) is 5.25. The lowest BCUT2D eigenvalue weighted by Crippen LogP contribution is -2.54. The predicted molar refractivity (Wildman–Crippen MR) is 127 cm³/mol. The first kappa shape index (κ1) is 26.2. The van der Waals surface area contributed by atoms with Gasteiger partial charge < -0.3 is 15.3 Å². The minimum Gasteiger partial charge on any atom is -0.389 e. The van der Waals surface area contributed by atoms with Crippen LogP contribution in [0.25, 0.3) is 0 Å². The summed E-state index contributed by atoms with van der Waals surface area (Å²) in [6.07, 6.45) is 2.90. The van der Waals surface area contributed by atoms with Crippen LogP contribution in [-0.2, 0) is 0 Å². The molecule has 2 aliphatic rings. The topological polar surface area (TPSA) is 35.5 Å². The average Bonchev–Trinajstić information content (AvgIpc) is 2.50. The molecule has 0 amide bonds. The lowest BCUT2D eigenvalue weighted by Gasteiger charge is -2.53. The maximum Gasteiger partial charge on any atom is 0.0738 e. The zero-order chi connectivity index (χ0) is 19.0. The molecular formula is C22H37BrCl2N2O. The highest BCUT2D eigenvalue weighted by Gasteiger charge is 2.50. The van der Waals surface area contributed by atoms with E-state index in [2.05, 4.69) is 78.1 Å². The van der Waals surface area contributed by atoms with Gasteiger partial charge in [0, 0.05) is 43.1 Å². The van der Waals surface area contributed by atoms with E-state index in [1.54, 1.807) is 0 Å². The van der Waals surface area contributed by atoms with Crippen LogP contribution in [0.4, 0.5) is 0 Å². The Morgan fingerprint density at radius 1 is 1.04 bits per heavy atom. The van der Waals surface area contributed by atoms with Crippen molar-refractivity contribution in [1.29, 1.82) is 0 Å². The van der Waals surface area contributed by atoms with Gasteiger partial charge in [-0.05, 0) is 47.8 Å². The first-order valence-corrected chi connectivity index (χ1v) is 10.8. The molecule has 0 bridgehead atoms. The summed E-state index contributed by atoms with van der Waals surface area (Å²) in [4.78, 5) is 2.52. The third kappa shape index (κ3) is 6.58. The molecule has 1 saturated carbocycles. The average molecular weight is 496 g/mol. The lowest BCUT2D eigenvalue weighted by atomic mass is 9.56. The van der Waals surface area contributed by atoms with Gasteiger partial charge in [0.25, 0.3) is 0 Å². The van der Waals surface area contributed by atoms with Gasteiger partial charge in [-0.2, -0.15) is 0 Å². The number of hydrogen-bond acceptors (Lipinski definition) is 3. The molecule has 0 aromatic heterocycles. The molecule has 0 radical (unpaired) electrons. The van der Waals surface area contributed by atoms with Gasteiger partial charge in [-0.1, -0.05) is 55.8 Å². The van der Waals surface area contributed by atoms with Crippen molar-refractivity contribution >= 4 is 40.7 Å². The molecule has 1 atom stereocenters. The maximum absolute atomic E-state index is 12.0. The summed E-state index contributed by atoms with van der Waals surface area (Å²) in [5, 5.41) is 15.5. The Morgan fingerprint density at radius 3 is 2.14 bits per heavy atom. The summed E-state index contributed by atoms with van der Waals surface area (Å²) in [6.45, 7) is 14.4. The van der Waals surface area contributed by atoms with E-state index in [4.69, 9.17) is 0 Å². The number of piperazine rings is 1. The summed E-state index contributed by atoms with van der Waals surface area (Å²) in [5.74, 6) is 0.136. The summed E-state index contributed by atoms with van der Waals surface area (Å²) >= 11 is 3.64. The van der Waals surface area contributed by atoms with Crippen LogP contribution in [0.1, 0.15) is 58.4 Å². The van der Waals surface area contributed by atoms with Crippen molar-refractivity contribution in [2.45, 2.75) is 58.5 Å². The molecule has 162 valence electrons. The quantitative estimate of drug-likeness (QED) is 0.598. The van der Waals surface area contributed by atoms with E-state index in [9.17, 15) is 5.11 Å². The standard InChI is InChI=1S/C22H35BrN2O.2ClH/c1-20(2)14-21(3,4)16-22(26,15-20)19(13-25-10-8-24-9-11-25)17-6-5-7-18(23)12-17;;/h5-7,12,19,24,26H,8-11,13-16H2,1-4H3;2*1H. The van der Waals surface area contributed by atoms with Gasteiger partial charge in [0.2, 0.25) is 0 Å². The largest absolute Gasteiger partial charge is 0.389 e. The molecule has 0 spiro atoms. The summed E-state index contributed by atoms with van der Waals surface area (Å²) < 4.78 is 1.10. The highest BCUT2D eigenvalue weighted by atomic mass is 79.9. The van der Waals surface area contributed by atoms with Gasteiger partial charge in [0.15, 0.2) is 0 Å². The zero-order valence-electron chi connectivity index (χ0n) is 17.6. The molecule has 1 aliphatic heterocycles. The molecule has 1 aromatic carbocycles. The highest BCUT2D eigenvalue weighted by molar-refractivity contribution is 9.10. The summed E-state index contributed by atoms with van der Waals surface area (Å²) in [5.41, 5.74) is 0.902. The molecule has 2 N–H and O–H groups in total. The van der Waals surface area contributed by atoms with Gasteiger partial charge in [0.1, 0.15) is 0 Å². The second-order valence-corrected chi connectivity index (χ2v) is 11.0. The second-order valence-electron chi connectivity index (χ2n) is 10.1. The number of nitrogens with zero attached hydrogens (tertiary/aromatic N) is 1. The smallest absolute Gasteiger partial charge is 0.0738 e. The number of benzene rings is 1. The molecule has 3 rings (SSSR count). The van der Waals surface area contributed by atoms with Gasteiger partial charge in [-0.25, -0.2) is 0 Å². The van der Waals surface area contributed by atoms with Crippen molar-refractivity contribution in [3.8, 4) is 0 Å². The van der Waals surface area contributed by atoms with Gasteiger partial charge >= 0.3 is 0 Å². The first-order chi connectivity index (χ1) is 12.1. The Hall–Kier alpha value is 0.160. The number of nitrogens with one attached hydrogen (secondary N) is 1. The molecule has 1 saturated heterocycles. The molecule has 28 heavy (non-hydrogen) atoms. The van der Waals surface area contributed by atoms with Crippen molar-refractivity contribution < 1.29 is 5.11 Å². The van der Waals surface area contributed by atoms with E-state index >= 15 is 0 Å². The number of aliphatic hydroxyl groups is 1. The van der Waals surface area contributed by atoms with Crippen LogP contribution in [0.2, 0.25) is 0 Å². The second kappa shape index (κ2) is 9.98. The van der Waals surface area contributed by atoms with Crippen molar-refractivity contribution in [3.63, 3.8) is 0 Å². The van der Waals surface area contributed by atoms with Gasteiger partial charge in [-0.3, -0.25) is 0 Å².